The number of hydroxylamine groups is 2. The number of carbonyl (C=O) groups excluding carboxylic acids is 6. The summed E-state index contributed by atoms with van der Waals surface area (Å²) in [5.41, 5.74) is 3.15. The number of unbranched alkanes of at least 4 members (excludes halogenated alkanes) is 4. The molecule has 0 spiro atoms. The molecule has 2 aliphatic heterocycles. The molecule has 16 heteroatoms. The second-order valence-electron chi connectivity index (χ2n) is 15.3. The third-order valence-electron chi connectivity index (χ3n) is 10.4. The Morgan fingerprint density at radius 1 is 0.611 bits per heavy atom. The number of aliphatic hydroxyl groups excluding tert-OH is 2. The van der Waals surface area contributed by atoms with Crippen LogP contribution in [0.3, 0.4) is 0 Å². The molecule has 6 atom stereocenters. The molecule has 1 unspecified atom stereocenters. The highest BCUT2D eigenvalue weighted by Gasteiger charge is 2.37. The van der Waals surface area contributed by atoms with Crippen LogP contribution in [0.1, 0.15) is 131 Å². The van der Waals surface area contributed by atoms with Crippen molar-refractivity contribution in [3.8, 4) is 0 Å². The largest absolute Gasteiger partial charge is 0.394 e. The summed E-state index contributed by atoms with van der Waals surface area (Å²) in [5, 5.41) is 42.1. The lowest BCUT2D eigenvalue weighted by molar-refractivity contribution is -0.141. The summed E-state index contributed by atoms with van der Waals surface area (Å²) in [6.45, 7) is 12.5. The average Bonchev–Trinajstić information content (AvgIpc) is 3.84. The monoisotopic (exact) mass is 771 g/mol. The predicted molar refractivity (Wildman–Crippen MR) is 202 cm³/mol. The van der Waals surface area contributed by atoms with Gasteiger partial charge in [-0.1, -0.05) is 80.1 Å². The second-order valence-corrected chi connectivity index (χ2v) is 15.3. The molecule has 2 saturated heterocycles. The first-order valence-electron chi connectivity index (χ1n) is 20.0. The van der Waals surface area contributed by atoms with Gasteiger partial charge in [0.05, 0.1) is 25.3 Å². The molecule has 2 heterocycles. The van der Waals surface area contributed by atoms with E-state index in [1.54, 1.807) is 20.8 Å². The maximum Gasteiger partial charge on any atom is 0.245 e. The van der Waals surface area contributed by atoms with Crippen molar-refractivity contribution in [1.82, 2.24) is 31.4 Å². The number of carbonyl (C=O) groups is 6. The zero-order valence-corrected chi connectivity index (χ0v) is 33.5. The number of likely N-dealkylation sites (tertiary alicyclic amines) is 2. The van der Waals surface area contributed by atoms with Crippen molar-refractivity contribution in [3.05, 3.63) is 0 Å². The smallest absolute Gasteiger partial charge is 0.245 e. The first kappa shape index (κ1) is 48.7. The molecule has 2 fully saturated rings. The van der Waals surface area contributed by atoms with Crippen LogP contribution in [0, 0.1) is 23.7 Å². The molecule has 0 saturated carbocycles. The van der Waals surface area contributed by atoms with E-state index in [1.807, 2.05) is 27.7 Å². The van der Waals surface area contributed by atoms with Gasteiger partial charge in [-0.05, 0) is 50.4 Å². The van der Waals surface area contributed by atoms with Gasteiger partial charge in [0, 0.05) is 37.8 Å². The second kappa shape index (κ2) is 26.5. The summed E-state index contributed by atoms with van der Waals surface area (Å²) >= 11 is 0. The predicted octanol–water partition coefficient (Wildman–Crippen LogP) is 2.41. The first-order chi connectivity index (χ1) is 25.7. The van der Waals surface area contributed by atoms with Crippen LogP contribution in [0.2, 0.25) is 0 Å². The fraction of sp³-hybridized carbons (Fsp3) is 0.842. The van der Waals surface area contributed by atoms with Gasteiger partial charge in [-0.2, -0.15) is 0 Å². The Labute approximate surface area is 321 Å². The molecule has 0 aromatic rings. The van der Waals surface area contributed by atoms with E-state index in [4.69, 9.17) is 10.4 Å². The molecule has 2 aliphatic rings. The number of hydrogen-bond acceptors (Lipinski definition) is 10. The molecule has 0 radical (unpaired) electrons. The van der Waals surface area contributed by atoms with E-state index in [0.717, 1.165) is 64.2 Å². The zero-order valence-electron chi connectivity index (χ0n) is 33.5. The highest BCUT2D eigenvalue weighted by atomic mass is 16.5. The number of rotatable bonds is 22. The minimum atomic E-state index is -0.699. The SMILES string of the molecule is CCCCCC(CC(=O)NO)C(=O)N[C@H](C(=O)N1CCC[C@H]1CO)C(C)C.CCCCC[C@H](CC(=O)NO)C(=O)N[C@H](C(=O)N1CCC[C@H]1CO)C(C)C. The topological polar surface area (TPSA) is 238 Å². The molecule has 6 amide bonds. The third-order valence-corrected chi connectivity index (χ3v) is 10.4. The lowest BCUT2D eigenvalue weighted by atomic mass is 9.94. The van der Waals surface area contributed by atoms with Crippen LogP contribution in [-0.2, 0) is 28.8 Å². The molecular weight excluding hydrogens is 700 g/mol. The van der Waals surface area contributed by atoms with E-state index in [9.17, 15) is 39.0 Å². The van der Waals surface area contributed by atoms with E-state index in [1.165, 1.54) is 0 Å². The Bertz CT molecular complexity index is 1080. The van der Waals surface area contributed by atoms with Crippen LogP contribution < -0.4 is 21.6 Å². The van der Waals surface area contributed by atoms with Crippen molar-refractivity contribution >= 4 is 35.4 Å². The van der Waals surface area contributed by atoms with Crippen LogP contribution in [0.4, 0.5) is 0 Å². The lowest BCUT2D eigenvalue weighted by Crippen LogP contribution is -2.54. The number of nitrogens with one attached hydrogen (secondary N) is 4. The van der Waals surface area contributed by atoms with Gasteiger partial charge in [-0.3, -0.25) is 39.2 Å². The normalized spacial score (nSPS) is 19.0. The summed E-state index contributed by atoms with van der Waals surface area (Å²) in [6, 6.07) is -1.79. The number of nitrogens with zero attached hydrogens (tertiary/aromatic N) is 2. The van der Waals surface area contributed by atoms with Gasteiger partial charge in [0.25, 0.3) is 0 Å². The molecular formula is C38H70N6O10. The van der Waals surface area contributed by atoms with Crippen LogP contribution >= 0.6 is 0 Å². The highest BCUT2D eigenvalue weighted by Crippen LogP contribution is 2.23. The maximum absolute atomic E-state index is 12.9. The number of amides is 6. The Morgan fingerprint density at radius 2 is 0.963 bits per heavy atom. The number of aliphatic hydroxyl groups is 2. The number of hydrogen-bond donors (Lipinski definition) is 8. The van der Waals surface area contributed by atoms with Crippen LogP contribution in [-0.4, -0.2) is 116 Å². The highest BCUT2D eigenvalue weighted by molar-refractivity contribution is 5.92. The van der Waals surface area contributed by atoms with Gasteiger partial charge in [-0.25, -0.2) is 11.0 Å². The lowest BCUT2D eigenvalue weighted by Gasteiger charge is -2.31. The summed E-state index contributed by atoms with van der Waals surface area (Å²) < 4.78 is 0. The summed E-state index contributed by atoms with van der Waals surface area (Å²) in [6.07, 6.45) is 9.49. The van der Waals surface area contributed by atoms with E-state index < -0.39 is 35.7 Å². The summed E-state index contributed by atoms with van der Waals surface area (Å²) in [4.78, 5) is 77.9. The summed E-state index contributed by atoms with van der Waals surface area (Å²) in [7, 11) is 0. The Kier molecular flexibility index (Phi) is 23.9. The van der Waals surface area contributed by atoms with Crippen molar-refractivity contribution in [2.24, 2.45) is 23.7 Å². The molecule has 312 valence electrons. The molecule has 2 rings (SSSR count). The quantitative estimate of drug-likeness (QED) is 0.0455. The fourth-order valence-corrected chi connectivity index (χ4v) is 7.03. The van der Waals surface area contributed by atoms with Gasteiger partial charge in [-0.15, -0.1) is 0 Å². The summed E-state index contributed by atoms with van der Waals surface area (Å²) in [5.74, 6) is -3.72. The first-order valence-corrected chi connectivity index (χ1v) is 20.0. The Hall–Kier alpha value is -3.34. The van der Waals surface area contributed by atoms with E-state index in [-0.39, 0.29) is 73.6 Å². The maximum atomic E-state index is 12.9. The van der Waals surface area contributed by atoms with E-state index in [0.29, 0.717) is 25.9 Å². The van der Waals surface area contributed by atoms with Crippen molar-refractivity contribution in [1.29, 1.82) is 0 Å². The van der Waals surface area contributed by atoms with Crippen molar-refractivity contribution in [2.45, 2.75) is 156 Å². The van der Waals surface area contributed by atoms with Crippen LogP contribution in [0.5, 0.6) is 0 Å². The fourth-order valence-electron chi connectivity index (χ4n) is 7.03. The molecule has 16 nitrogen and oxygen atoms in total. The minimum absolute atomic E-state index is 0.0825. The molecule has 0 aromatic carbocycles. The van der Waals surface area contributed by atoms with Gasteiger partial charge in [0.2, 0.25) is 35.4 Å². The van der Waals surface area contributed by atoms with E-state index in [2.05, 4.69) is 24.5 Å². The van der Waals surface area contributed by atoms with Crippen LogP contribution in [0.25, 0.3) is 0 Å². The van der Waals surface area contributed by atoms with Gasteiger partial charge in [0.15, 0.2) is 0 Å². The Morgan fingerprint density at radius 3 is 1.24 bits per heavy atom. The zero-order chi connectivity index (χ0) is 40.8. The van der Waals surface area contributed by atoms with Gasteiger partial charge >= 0.3 is 0 Å². The molecule has 54 heavy (non-hydrogen) atoms. The van der Waals surface area contributed by atoms with Gasteiger partial charge in [0.1, 0.15) is 12.1 Å². The average molecular weight is 771 g/mol. The molecule has 0 bridgehead atoms. The van der Waals surface area contributed by atoms with E-state index >= 15 is 0 Å². The molecule has 8 N–H and O–H groups in total. The third kappa shape index (κ3) is 16.2. The Balaban J connectivity index is 0.000000540. The van der Waals surface area contributed by atoms with Crippen molar-refractivity contribution < 1.29 is 49.4 Å². The van der Waals surface area contributed by atoms with Crippen LogP contribution in [0.15, 0.2) is 0 Å². The van der Waals surface area contributed by atoms with Gasteiger partial charge < -0.3 is 30.6 Å². The minimum Gasteiger partial charge on any atom is -0.394 e. The molecule has 0 aromatic heterocycles. The standard InChI is InChI=1S/2C19H35N3O5/c2*1-4-5-6-8-14(11-16(24)21-27)18(25)20-17(13(2)3)19(26)22-10-7-9-15(22)12-23/h2*13-15,17,23,27H,4-12H2,1-3H3,(H,20,25)(H,21,24)/t14?,15-,17-;14-,15+,17+/m01/s1. The van der Waals surface area contributed by atoms with Crippen molar-refractivity contribution in [2.75, 3.05) is 26.3 Å². The molecule has 0 aliphatic carbocycles. The van der Waals surface area contributed by atoms with Crippen molar-refractivity contribution in [3.63, 3.8) is 0 Å².